The number of carbonyl (C=O) groups is 4. The Labute approximate surface area is 313 Å². The highest BCUT2D eigenvalue weighted by Crippen LogP contribution is 2.00. The molecule has 0 rings (SSSR count). The summed E-state index contributed by atoms with van der Waals surface area (Å²) >= 11 is 0. The number of ketones is 1. The molecule has 0 aliphatic rings. The van der Waals surface area contributed by atoms with Crippen LogP contribution in [-0.2, 0) is 80.8 Å². The highest BCUT2D eigenvalue weighted by Gasteiger charge is 2.14. The van der Waals surface area contributed by atoms with E-state index in [-0.39, 0.29) is 38.6 Å². The summed E-state index contributed by atoms with van der Waals surface area (Å²) in [6, 6.07) is 0. The number of carboxylic acids is 1. The van der Waals surface area contributed by atoms with Gasteiger partial charge < -0.3 is 66.7 Å². The molecule has 0 aromatic rings. The molecule has 53 heavy (non-hydrogen) atoms. The van der Waals surface area contributed by atoms with Gasteiger partial charge in [0.1, 0.15) is 13.2 Å². The summed E-state index contributed by atoms with van der Waals surface area (Å²) < 4.78 is 69.5. The molecule has 0 saturated heterocycles. The largest absolute Gasteiger partial charge is 0.476 e. The molecule has 0 aromatic heterocycles. The second kappa shape index (κ2) is 42.4. The molecule has 0 amide bonds. The van der Waals surface area contributed by atoms with Crippen molar-refractivity contribution < 1.29 is 85.9 Å². The van der Waals surface area contributed by atoms with Crippen LogP contribution in [0.25, 0.3) is 0 Å². The van der Waals surface area contributed by atoms with Gasteiger partial charge in [0.2, 0.25) is 5.78 Å². The molecule has 0 aliphatic carbocycles. The topological polar surface area (TPSA) is 208 Å². The average molecular weight is 773 g/mol. The van der Waals surface area contributed by atoms with Crippen LogP contribution in [0.1, 0.15) is 45.4 Å². The number of hydrogen-bond acceptors (Lipinski definition) is 17. The van der Waals surface area contributed by atoms with Crippen molar-refractivity contribution in [1.29, 1.82) is 0 Å². The van der Waals surface area contributed by atoms with Crippen LogP contribution in [0.3, 0.4) is 0 Å². The van der Waals surface area contributed by atoms with E-state index in [9.17, 15) is 19.2 Å². The zero-order chi connectivity index (χ0) is 38.7. The van der Waals surface area contributed by atoms with Crippen molar-refractivity contribution >= 4 is 23.7 Å². The van der Waals surface area contributed by atoms with Gasteiger partial charge in [-0.2, -0.15) is 0 Å². The first-order chi connectivity index (χ1) is 26.0. The van der Waals surface area contributed by atoms with E-state index >= 15 is 0 Å². The Kier molecular flexibility index (Phi) is 40.5. The monoisotopic (exact) mass is 772 g/mol. The summed E-state index contributed by atoms with van der Waals surface area (Å²) in [5, 5.41) is 8.45. The Balaban J connectivity index is 3.14. The minimum atomic E-state index is -1.57. The van der Waals surface area contributed by atoms with Crippen molar-refractivity contribution in [1.82, 2.24) is 0 Å². The normalized spacial score (nSPS) is 11.2. The van der Waals surface area contributed by atoms with E-state index < -0.39 is 17.7 Å². The highest BCUT2D eigenvalue weighted by molar-refractivity contribution is 6.32. The van der Waals surface area contributed by atoms with Crippen molar-refractivity contribution in [3.8, 4) is 0 Å². The number of hydrogen-bond donors (Lipinski definition) is 1. The number of esters is 2. The number of carbonyl (C=O) groups excluding carboxylic acids is 3. The lowest BCUT2D eigenvalue weighted by Crippen LogP contribution is -2.17. The van der Waals surface area contributed by atoms with E-state index in [1.807, 2.05) is 0 Å². The Morgan fingerprint density at radius 3 is 0.830 bits per heavy atom. The van der Waals surface area contributed by atoms with Gasteiger partial charge in [0.25, 0.3) is 0 Å². The fourth-order valence-electron chi connectivity index (χ4n) is 3.72. The van der Waals surface area contributed by atoms with Gasteiger partial charge in [0.15, 0.2) is 0 Å². The van der Waals surface area contributed by atoms with E-state index in [1.165, 1.54) is 0 Å². The number of aliphatic carboxylic acids is 1. The fraction of sp³-hybridized carbons (Fsp3) is 0.886. The maximum absolute atomic E-state index is 11.5. The van der Waals surface area contributed by atoms with Gasteiger partial charge in [0, 0.05) is 12.8 Å². The fourth-order valence-corrected chi connectivity index (χ4v) is 3.72. The summed E-state index contributed by atoms with van der Waals surface area (Å²) in [7, 11) is 0. The molecule has 0 bridgehead atoms. The third-order valence-electron chi connectivity index (χ3n) is 6.48. The van der Waals surface area contributed by atoms with E-state index in [0.29, 0.717) is 145 Å². The lowest BCUT2D eigenvalue weighted by Gasteiger charge is -2.09. The van der Waals surface area contributed by atoms with Crippen molar-refractivity contribution in [3.05, 3.63) is 0 Å². The lowest BCUT2D eigenvalue weighted by molar-refractivity contribution is -0.151. The molecular weight excluding hydrogens is 708 g/mol. The first-order valence-corrected chi connectivity index (χ1v) is 18.4. The molecule has 312 valence electrons. The van der Waals surface area contributed by atoms with Crippen LogP contribution in [-0.4, -0.2) is 187 Å². The van der Waals surface area contributed by atoms with Gasteiger partial charge in [-0.05, 0) is 6.42 Å². The molecule has 0 saturated carbocycles. The number of ether oxygens (including phenoxy) is 13. The standard InChI is InChI=1S/C35H64O18/c1-2-3-4-5-33(37)52-30-28-50-26-24-48-22-20-46-18-16-44-14-12-42-10-8-41-9-11-43-13-15-45-17-19-47-21-23-49-25-27-51-29-31-53-34(38)7-6-32(36)35(39)40/h2-31H2,1H3,(H,39,40). The van der Waals surface area contributed by atoms with Crippen molar-refractivity contribution in [2.45, 2.75) is 45.4 Å². The summed E-state index contributed by atoms with van der Waals surface area (Å²) in [4.78, 5) is 44.1. The van der Waals surface area contributed by atoms with Gasteiger partial charge in [-0.1, -0.05) is 19.8 Å². The summed E-state index contributed by atoms with van der Waals surface area (Å²) in [6.07, 6.45) is 2.78. The van der Waals surface area contributed by atoms with Crippen molar-refractivity contribution in [2.24, 2.45) is 0 Å². The van der Waals surface area contributed by atoms with Gasteiger partial charge >= 0.3 is 17.9 Å². The lowest BCUT2D eigenvalue weighted by atomic mass is 10.2. The highest BCUT2D eigenvalue weighted by atomic mass is 16.6. The molecule has 0 fully saturated rings. The first kappa shape index (κ1) is 50.6. The maximum atomic E-state index is 11.5. The Hall–Kier alpha value is -2.36. The molecule has 0 heterocycles. The SMILES string of the molecule is CCCCCC(=O)OCCOCCOCCOCCOCCOCCOCCOCCOCCOCCOCCOCCOC(=O)CCC(=O)C(=O)O. The van der Waals surface area contributed by atoms with Gasteiger partial charge in [0.05, 0.1) is 152 Å². The predicted octanol–water partition coefficient (Wildman–Crippen LogP) is 1.27. The number of unbranched alkanes of at least 4 members (excludes halogenated alkanes) is 2. The molecule has 0 aliphatic heterocycles. The number of rotatable bonds is 44. The zero-order valence-corrected chi connectivity index (χ0v) is 31.6. The predicted molar refractivity (Wildman–Crippen MR) is 187 cm³/mol. The molecule has 18 nitrogen and oxygen atoms in total. The smallest absolute Gasteiger partial charge is 0.372 e. The third kappa shape index (κ3) is 42.2. The van der Waals surface area contributed by atoms with E-state index in [4.69, 9.17) is 66.7 Å². The van der Waals surface area contributed by atoms with Gasteiger partial charge in [-0.15, -0.1) is 0 Å². The Morgan fingerprint density at radius 2 is 0.585 bits per heavy atom. The second-order valence-electron chi connectivity index (χ2n) is 10.9. The van der Waals surface area contributed by atoms with Crippen LogP contribution in [0, 0.1) is 0 Å². The van der Waals surface area contributed by atoms with Crippen LogP contribution >= 0.6 is 0 Å². The van der Waals surface area contributed by atoms with Crippen LogP contribution < -0.4 is 0 Å². The first-order valence-electron chi connectivity index (χ1n) is 18.4. The molecule has 0 atom stereocenters. The average Bonchev–Trinajstić information content (AvgIpc) is 3.15. The van der Waals surface area contributed by atoms with Crippen LogP contribution in [0.2, 0.25) is 0 Å². The van der Waals surface area contributed by atoms with Crippen LogP contribution in [0.5, 0.6) is 0 Å². The van der Waals surface area contributed by atoms with E-state index in [0.717, 1.165) is 19.3 Å². The minimum absolute atomic E-state index is 0.00922. The minimum Gasteiger partial charge on any atom is -0.476 e. The third-order valence-corrected chi connectivity index (χ3v) is 6.48. The molecule has 0 radical (unpaired) electrons. The quantitative estimate of drug-likeness (QED) is 0.0525. The molecule has 0 spiro atoms. The molecular formula is C35H64O18. The van der Waals surface area contributed by atoms with E-state index in [1.54, 1.807) is 0 Å². The van der Waals surface area contributed by atoms with Gasteiger partial charge in [-0.3, -0.25) is 14.4 Å². The van der Waals surface area contributed by atoms with Crippen molar-refractivity contribution in [2.75, 3.05) is 159 Å². The summed E-state index contributed by atoms with van der Waals surface area (Å²) in [5.41, 5.74) is 0. The molecule has 0 aromatic carbocycles. The number of carboxylic acid groups (broad SMARTS) is 1. The molecule has 0 unspecified atom stereocenters. The van der Waals surface area contributed by atoms with Crippen LogP contribution in [0.4, 0.5) is 0 Å². The zero-order valence-electron chi connectivity index (χ0n) is 31.6. The Morgan fingerprint density at radius 1 is 0.340 bits per heavy atom. The van der Waals surface area contributed by atoms with Gasteiger partial charge in [-0.25, -0.2) is 4.79 Å². The number of Topliss-reactive ketones (excluding diaryl/α,β-unsaturated/α-hetero) is 1. The van der Waals surface area contributed by atoms with Crippen LogP contribution in [0.15, 0.2) is 0 Å². The second-order valence-corrected chi connectivity index (χ2v) is 10.9. The molecule has 18 heteroatoms. The van der Waals surface area contributed by atoms with Crippen molar-refractivity contribution in [3.63, 3.8) is 0 Å². The van der Waals surface area contributed by atoms with E-state index in [2.05, 4.69) is 6.92 Å². The maximum Gasteiger partial charge on any atom is 0.372 e. The Bertz CT molecular complexity index is 846. The summed E-state index contributed by atoms with van der Waals surface area (Å²) in [6.45, 7) is 11.7. The summed E-state index contributed by atoms with van der Waals surface area (Å²) in [5.74, 6) is -3.42. The molecule has 1 N–H and O–H groups in total.